The van der Waals surface area contributed by atoms with Crippen LogP contribution in [0.2, 0.25) is 0 Å². The molecule has 2 heterocycles. The van der Waals surface area contributed by atoms with Crippen LogP contribution >= 0.6 is 46.0 Å². The Bertz CT molecular complexity index is 825. The first-order valence-corrected chi connectivity index (χ1v) is 14.6. The maximum absolute atomic E-state index is 5.54. The van der Waals surface area contributed by atoms with Gasteiger partial charge in [-0.1, -0.05) is 85.1 Å². The first kappa shape index (κ1) is 25.8. The minimum atomic E-state index is 0.748. The Labute approximate surface area is 221 Å². The maximum atomic E-state index is 5.54. The summed E-state index contributed by atoms with van der Waals surface area (Å²) in [6.45, 7) is 9.92. The molecule has 2 fully saturated rings. The van der Waals surface area contributed by atoms with Gasteiger partial charge >= 0.3 is 0 Å². The highest BCUT2D eigenvalue weighted by molar-refractivity contribution is 8.89. The predicted octanol–water partition coefficient (Wildman–Crippen LogP) is 3.58. The van der Waals surface area contributed by atoms with E-state index in [2.05, 4.69) is 91.3 Å². The summed E-state index contributed by atoms with van der Waals surface area (Å²) in [5.74, 6) is 0. The van der Waals surface area contributed by atoms with E-state index in [1.54, 1.807) is 0 Å². The van der Waals surface area contributed by atoms with Gasteiger partial charge in [0.15, 0.2) is 8.64 Å². The van der Waals surface area contributed by atoms with Crippen LogP contribution in [0.5, 0.6) is 0 Å². The number of hydrogen-bond acceptors (Lipinski definition) is 8. The molecule has 182 valence electrons. The molecule has 34 heavy (non-hydrogen) atoms. The van der Waals surface area contributed by atoms with Crippen molar-refractivity contribution in [1.29, 1.82) is 0 Å². The highest BCUT2D eigenvalue weighted by atomic mass is 33.1. The molecule has 0 amide bonds. The van der Waals surface area contributed by atoms with E-state index < -0.39 is 0 Å². The SMILES string of the molecule is S=C(NN1CCN(Cc2ccccc2)CC1)SSC(=S)NN1CCN(Cc2ccccc2)CC1. The van der Waals surface area contributed by atoms with E-state index in [0.717, 1.165) is 74.1 Å². The Balaban J connectivity index is 1.07. The summed E-state index contributed by atoms with van der Waals surface area (Å²) >= 11 is 11.1. The van der Waals surface area contributed by atoms with Gasteiger partial charge in [-0.2, -0.15) is 0 Å². The van der Waals surface area contributed by atoms with Crippen LogP contribution in [0.15, 0.2) is 60.7 Å². The molecule has 0 saturated carbocycles. The molecule has 0 bridgehead atoms. The third-order valence-corrected chi connectivity index (χ3v) is 9.07. The second-order valence-corrected chi connectivity index (χ2v) is 11.9. The second-order valence-electron chi connectivity index (χ2n) is 8.46. The molecule has 2 saturated heterocycles. The zero-order valence-corrected chi connectivity index (χ0v) is 22.5. The molecule has 0 aliphatic carbocycles. The van der Waals surface area contributed by atoms with Gasteiger partial charge in [0, 0.05) is 65.4 Å². The average Bonchev–Trinajstić information content (AvgIpc) is 2.86. The Kier molecular flexibility index (Phi) is 10.4. The summed E-state index contributed by atoms with van der Waals surface area (Å²) < 4.78 is 1.50. The molecule has 0 atom stereocenters. The lowest BCUT2D eigenvalue weighted by Crippen LogP contribution is -2.52. The summed E-state index contributed by atoms with van der Waals surface area (Å²) in [5, 5.41) is 4.42. The van der Waals surface area contributed by atoms with Crippen LogP contribution in [-0.4, -0.2) is 80.8 Å². The number of piperazine rings is 2. The summed E-state index contributed by atoms with van der Waals surface area (Å²) in [7, 11) is 3.03. The summed E-state index contributed by atoms with van der Waals surface area (Å²) in [6, 6.07) is 21.3. The van der Waals surface area contributed by atoms with Gasteiger partial charge < -0.3 is 10.9 Å². The third-order valence-electron chi connectivity index (χ3n) is 5.93. The Morgan fingerprint density at radius 1 is 0.588 bits per heavy atom. The molecule has 2 N–H and O–H groups in total. The van der Waals surface area contributed by atoms with Gasteiger partial charge in [-0.25, -0.2) is 10.0 Å². The lowest BCUT2D eigenvalue weighted by atomic mass is 10.2. The van der Waals surface area contributed by atoms with Gasteiger partial charge in [0.25, 0.3) is 0 Å². The van der Waals surface area contributed by atoms with Crippen molar-refractivity contribution in [2.24, 2.45) is 0 Å². The largest absolute Gasteiger partial charge is 0.303 e. The standard InChI is InChI=1S/C24H32N6S4/c31-23(25-29-15-11-27(12-16-29)19-21-7-3-1-4-8-21)33-34-24(32)26-30-17-13-28(14-18-30)20-22-9-5-2-6-10-22/h1-10H,11-20H2,(H,25,31)(H,26,32). The van der Waals surface area contributed by atoms with E-state index in [9.17, 15) is 0 Å². The van der Waals surface area contributed by atoms with Gasteiger partial charge in [0.2, 0.25) is 0 Å². The molecule has 0 aromatic heterocycles. The number of hydrazine groups is 2. The molecular weight excluding hydrogens is 501 g/mol. The lowest BCUT2D eigenvalue weighted by molar-refractivity contribution is 0.109. The van der Waals surface area contributed by atoms with Crippen molar-refractivity contribution in [1.82, 2.24) is 30.7 Å². The van der Waals surface area contributed by atoms with E-state index in [4.69, 9.17) is 24.4 Å². The van der Waals surface area contributed by atoms with Gasteiger partial charge in [-0.3, -0.25) is 9.80 Å². The fourth-order valence-electron chi connectivity index (χ4n) is 4.09. The fraction of sp³-hybridized carbons (Fsp3) is 0.417. The first-order valence-electron chi connectivity index (χ1n) is 11.6. The highest BCUT2D eigenvalue weighted by Gasteiger charge is 2.20. The van der Waals surface area contributed by atoms with Crippen molar-refractivity contribution in [3.05, 3.63) is 71.8 Å². The number of nitrogens with one attached hydrogen (secondary N) is 2. The van der Waals surface area contributed by atoms with Crippen molar-refractivity contribution >= 4 is 54.7 Å². The summed E-state index contributed by atoms with van der Waals surface area (Å²) in [5.41, 5.74) is 9.46. The van der Waals surface area contributed by atoms with E-state index in [1.165, 1.54) is 32.7 Å². The Morgan fingerprint density at radius 2 is 0.941 bits per heavy atom. The molecular formula is C24H32N6S4. The van der Waals surface area contributed by atoms with Crippen LogP contribution in [0, 0.1) is 0 Å². The molecule has 0 radical (unpaired) electrons. The van der Waals surface area contributed by atoms with Crippen LogP contribution < -0.4 is 10.9 Å². The van der Waals surface area contributed by atoms with Crippen molar-refractivity contribution in [3.8, 4) is 0 Å². The van der Waals surface area contributed by atoms with E-state index in [-0.39, 0.29) is 0 Å². The predicted molar refractivity (Wildman–Crippen MR) is 153 cm³/mol. The number of hydrogen-bond donors (Lipinski definition) is 2. The Morgan fingerprint density at radius 3 is 1.29 bits per heavy atom. The molecule has 2 aliphatic heterocycles. The van der Waals surface area contributed by atoms with Gasteiger partial charge in [-0.05, 0) is 32.7 Å². The van der Waals surface area contributed by atoms with Crippen LogP contribution in [0.4, 0.5) is 0 Å². The molecule has 10 heteroatoms. The van der Waals surface area contributed by atoms with E-state index in [1.807, 2.05) is 0 Å². The smallest absolute Gasteiger partial charge is 0.159 e. The zero-order valence-electron chi connectivity index (χ0n) is 19.3. The Hall–Kier alpha value is -1.24. The molecule has 2 aromatic rings. The van der Waals surface area contributed by atoms with Crippen molar-refractivity contribution in [3.63, 3.8) is 0 Å². The van der Waals surface area contributed by atoms with Crippen LogP contribution in [0.1, 0.15) is 11.1 Å². The van der Waals surface area contributed by atoms with Crippen molar-refractivity contribution < 1.29 is 0 Å². The van der Waals surface area contributed by atoms with Crippen LogP contribution in [0.25, 0.3) is 0 Å². The van der Waals surface area contributed by atoms with E-state index in [0.29, 0.717) is 0 Å². The summed E-state index contributed by atoms with van der Waals surface area (Å²) in [6.07, 6.45) is 0. The van der Waals surface area contributed by atoms with Crippen molar-refractivity contribution in [2.75, 3.05) is 52.4 Å². The first-order chi connectivity index (χ1) is 16.6. The fourth-order valence-corrected chi connectivity index (χ4v) is 6.12. The number of thiocarbonyl (C=S) groups is 2. The van der Waals surface area contributed by atoms with Gasteiger partial charge in [0.1, 0.15) is 0 Å². The molecule has 4 rings (SSSR count). The number of nitrogens with zero attached hydrogens (tertiary/aromatic N) is 4. The number of rotatable bonds is 6. The molecule has 2 aromatic carbocycles. The zero-order chi connectivity index (χ0) is 23.6. The topological polar surface area (TPSA) is 37.0 Å². The lowest BCUT2D eigenvalue weighted by Gasteiger charge is -2.35. The minimum absolute atomic E-state index is 0.748. The monoisotopic (exact) mass is 532 g/mol. The minimum Gasteiger partial charge on any atom is -0.303 e. The molecule has 0 unspecified atom stereocenters. The van der Waals surface area contributed by atoms with Crippen molar-refractivity contribution in [2.45, 2.75) is 13.1 Å². The second kappa shape index (κ2) is 13.7. The molecule has 6 nitrogen and oxygen atoms in total. The van der Waals surface area contributed by atoms with Crippen LogP contribution in [0.3, 0.4) is 0 Å². The maximum Gasteiger partial charge on any atom is 0.159 e. The summed E-state index contributed by atoms with van der Waals surface area (Å²) in [4.78, 5) is 4.97. The van der Waals surface area contributed by atoms with Crippen LogP contribution in [-0.2, 0) is 13.1 Å². The molecule has 2 aliphatic rings. The molecule has 0 spiro atoms. The normalized spacial score (nSPS) is 18.5. The number of benzene rings is 2. The third kappa shape index (κ3) is 8.76. The quantitative estimate of drug-likeness (QED) is 0.426. The average molecular weight is 533 g/mol. The van der Waals surface area contributed by atoms with E-state index >= 15 is 0 Å². The highest BCUT2D eigenvalue weighted by Crippen LogP contribution is 2.24. The van der Waals surface area contributed by atoms with Gasteiger partial charge in [0.05, 0.1) is 0 Å². The van der Waals surface area contributed by atoms with Gasteiger partial charge in [-0.15, -0.1) is 0 Å².